The molecular formula is C10H7Cl2N3O. The van der Waals surface area contributed by atoms with Crippen molar-refractivity contribution in [3.8, 4) is 0 Å². The van der Waals surface area contributed by atoms with E-state index in [0.29, 0.717) is 16.7 Å². The highest BCUT2D eigenvalue weighted by molar-refractivity contribution is 6.54. The van der Waals surface area contributed by atoms with Gasteiger partial charge in [0.05, 0.1) is 11.2 Å². The van der Waals surface area contributed by atoms with E-state index in [9.17, 15) is 4.79 Å². The standard InChI is InChI=1S/C10H7Cl2N3O/c11-9(12)10(16)15-7-3-1-2-6-8(7)14-5-4-13-6/h1-5,9H,(H,15,16). The molecule has 0 aliphatic carbocycles. The quantitative estimate of drug-likeness (QED) is 0.839. The normalized spacial score (nSPS) is 10.7. The summed E-state index contributed by atoms with van der Waals surface area (Å²) in [6.07, 6.45) is 3.14. The Bertz CT molecular complexity index is 525. The van der Waals surface area contributed by atoms with Gasteiger partial charge in [0, 0.05) is 12.4 Å². The second-order valence-corrected chi connectivity index (χ2v) is 4.12. The summed E-state index contributed by atoms with van der Waals surface area (Å²) in [4.78, 5) is 18.5. The molecule has 0 radical (unpaired) electrons. The number of halogens is 2. The van der Waals surface area contributed by atoms with Gasteiger partial charge in [0.2, 0.25) is 0 Å². The highest BCUT2D eigenvalue weighted by atomic mass is 35.5. The Morgan fingerprint density at radius 1 is 1.25 bits per heavy atom. The van der Waals surface area contributed by atoms with Crippen LogP contribution in [0.3, 0.4) is 0 Å². The molecule has 4 nitrogen and oxygen atoms in total. The number of fused-ring (bicyclic) bond motifs is 1. The van der Waals surface area contributed by atoms with Crippen molar-refractivity contribution < 1.29 is 4.79 Å². The number of benzene rings is 1. The van der Waals surface area contributed by atoms with Crippen molar-refractivity contribution in [3.63, 3.8) is 0 Å². The Kier molecular flexibility index (Phi) is 3.22. The Morgan fingerprint density at radius 3 is 2.75 bits per heavy atom. The number of nitrogens with zero attached hydrogens (tertiary/aromatic N) is 2. The second-order valence-electron chi connectivity index (χ2n) is 3.02. The van der Waals surface area contributed by atoms with E-state index in [4.69, 9.17) is 23.2 Å². The first kappa shape index (κ1) is 11.1. The Hall–Kier alpha value is -1.39. The van der Waals surface area contributed by atoms with Crippen LogP contribution in [0.5, 0.6) is 0 Å². The molecule has 1 aromatic carbocycles. The van der Waals surface area contributed by atoms with Crippen LogP contribution in [0.4, 0.5) is 5.69 Å². The Labute approximate surface area is 102 Å². The van der Waals surface area contributed by atoms with Gasteiger partial charge in [0.25, 0.3) is 5.91 Å². The molecule has 0 saturated carbocycles. The van der Waals surface area contributed by atoms with Crippen LogP contribution in [0.1, 0.15) is 0 Å². The zero-order valence-electron chi connectivity index (χ0n) is 8.02. The summed E-state index contributed by atoms with van der Waals surface area (Å²) in [5.41, 5.74) is 1.84. The van der Waals surface area contributed by atoms with E-state index in [1.54, 1.807) is 30.6 Å². The maximum atomic E-state index is 11.3. The lowest BCUT2D eigenvalue weighted by molar-refractivity contribution is -0.114. The molecule has 0 aliphatic heterocycles. The molecule has 0 fully saturated rings. The summed E-state index contributed by atoms with van der Waals surface area (Å²) in [6, 6.07) is 5.28. The van der Waals surface area contributed by atoms with E-state index in [1.807, 2.05) is 0 Å². The van der Waals surface area contributed by atoms with Gasteiger partial charge in [-0.3, -0.25) is 14.8 Å². The number of carbonyl (C=O) groups is 1. The van der Waals surface area contributed by atoms with Crippen molar-refractivity contribution in [3.05, 3.63) is 30.6 Å². The van der Waals surface area contributed by atoms with Crippen LogP contribution in [-0.2, 0) is 4.79 Å². The third kappa shape index (κ3) is 2.23. The highest BCUT2D eigenvalue weighted by Gasteiger charge is 2.13. The molecule has 0 spiro atoms. The minimum atomic E-state index is -1.10. The molecule has 0 unspecified atom stereocenters. The molecule has 16 heavy (non-hydrogen) atoms. The smallest absolute Gasteiger partial charge is 0.257 e. The SMILES string of the molecule is O=C(Nc1cccc2nccnc12)C(Cl)Cl. The van der Waals surface area contributed by atoms with Gasteiger partial charge in [-0.25, -0.2) is 0 Å². The molecule has 0 atom stereocenters. The summed E-state index contributed by atoms with van der Waals surface area (Å²) >= 11 is 10.9. The summed E-state index contributed by atoms with van der Waals surface area (Å²) < 4.78 is 0. The van der Waals surface area contributed by atoms with Gasteiger partial charge in [-0.05, 0) is 12.1 Å². The average molecular weight is 256 g/mol. The van der Waals surface area contributed by atoms with Crippen LogP contribution in [0.2, 0.25) is 0 Å². The molecular weight excluding hydrogens is 249 g/mol. The summed E-state index contributed by atoms with van der Waals surface area (Å²) in [6.45, 7) is 0. The average Bonchev–Trinajstić information content (AvgIpc) is 2.29. The van der Waals surface area contributed by atoms with Gasteiger partial charge < -0.3 is 5.32 Å². The molecule has 0 saturated heterocycles. The van der Waals surface area contributed by atoms with Crippen LogP contribution in [0.15, 0.2) is 30.6 Å². The van der Waals surface area contributed by atoms with Crippen molar-refractivity contribution in [2.45, 2.75) is 4.84 Å². The summed E-state index contributed by atoms with van der Waals surface area (Å²) in [5, 5.41) is 2.58. The Morgan fingerprint density at radius 2 is 2.00 bits per heavy atom. The number of amides is 1. The lowest BCUT2D eigenvalue weighted by Gasteiger charge is -2.07. The van der Waals surface area contributed by atoms with E-state index in [0.717, 1.165) is 0 Å². The van der Waals surface area contributed by atoms with Gasteiger partial charge in [0.15, 0.2) is 4.84 Å². The number of para-hydroxylation sites is 1. The lowest BCUT2D eigenvalue weighted by atomic mass is 10.2. The van der Waals surface area contributed by atoms with Crippen LogP contribution in [-0.4, -0.2) is 20.7 Å². The number of aromatic nitrogens is 2. The lowest BCUT2D eigenvalue weighted by Crippen LogP contribution is -2.18. The maximum absolute atomic E-state index is 11.3. The molecule has 1 heterocycles. The third-order valence-electron chi connectivity index (χ3n) is 1.95. The first-order valence-electron chi connectivity index (χ1n) is 4.47. The first-order chi connectivity index (χ1) is 7.68. The molecule has 0 bridgehead atoms. The van der Waals surface area contributed by atoms with E-state index in [2.05, 4.69) is 15.3 Å². The number of hydrogen-bond donors (Lipinski definition) is 1. The first-order valence-corrected chi connectivity index (χ1v) is 5.34. The number of hydrogen-bond acceptors (Lipinski definition) is 3. The molecule has 1 N–H and O–H groups in total. The molecule has 2 aromatic rings. The number of rotatable bonds is 2. The third-order valence-corrected chi connectivity index (χ3v) is 2.35. The number of alkyl halides is 2. The fourth-order valence-corrected chi connectivity index (χ4v) is 1.39. The van der Waals surface area contributed by atoms with Gasteiger partial charge in [-0.15, -0.1) is 0 Å². The number of carbonyl (C=O) groups excluding carboxylic acids is 1. The van der Waals surface area contributed by atoms with E-state index < -0.39 is 10.7 Å². The van der Waals surface area contributed by atoms with Gasteiger partial charge in [-0.2, -0.15) is 0 Å². The topological polar surface area (TPSA) is 54.9 Å². The van der Waals surface area contributed by atoms with Crippen molar-refractivity contribution in [2.75, 3.05) is 5.32 Å². The van der Waals surface area contributed by atoms with Crippen molar-refractivity contribution >= 4 is 45.8 Å². The summed E-state index contributed by atoms with van der Waals surface area (Å²) in [7, 11) is 0. The van der Waals surface area contributed by atoms with Crippen LogP contribution in [0.25, 0.3) is 11.0 Å². The zero-order valence-corrected chi connectivity index (χ0v) is 9.53. The van der Waals surface area contributed by atoms with Crippen LogP contribution in [0, 0.1) is 0 Å². The fraction of sp³-hybridized carbons (Fsp3) is 0.100. The minimum absolute atomic E-state index is 0.485. The molecule has 0 aliphatic rings. The number of nitrogens with one attached hydrogen (secondary N) is 1. The highest BCUT2D eigenvalue weighted by Crippen LogP contribution is 2.19. The predicted molar refractivity (Wildman–Crippen MR) is 63.7 cm³/mol. The molecule has 6 heteroatoms. The van der Waals surface area contributed by atoms with E-state index in [-0.39, 0.29) is 0 Å². The molecule has 1 aromatic heterocycles. The van der Waals surface area contributed by atoms with Crippen molar-refractivity contribution in [1.82, 2.24) is 9.97 Å². The fourth-order valence-electron chi connectivity index (χ4n) is 1.28. The maximum Gasteiger partial charge on any atom is 0.257 e. The monoisotopic (exact) mass is 255 g/mol. The second kappa shape index (κ2) is 4.63. The zero-order chi connectivity index (χ0) is 11.5. The number of anilines is 1. The molecule has 82 valence electrons. The van der Waals surface area contributed by atoms with Crippen LogP contribution < -0.4 is 5.32 Å². The Balaban J connectivity index is 2.41. The van der Waals surface area contributed by atoms with Gasteiger partial charge in [-0.1, -0.05) is 29.3 Å². The van der Waals surface area contributed by atoms with E-state index in [1.165, 1.54) is 0 Å². The van der Waals surface area contributed by atoms with Gasteiger partial charge >= 0.3 is 0 Å². The summed E-state index contributed by atoms with van der Waals surface area (Å²) in [5.74, 6) is -0.485. The largest absolute Gasteiger partial charge is 0.322 e. The van der Waals surface area contributed by atoms with Crippen LogP contribution >= 0.6 is 23.2 Å². The minimum Gasteiger partial charge on any atom is -0.322 e. The molecule has 1 amide bonds. The van der Waals surface area contributed by atoms with Crippen molar-refractivity contribution in [1.29, 1.82) is 0 Å². The van der Waals surface area contributed by atoms with E-state index >= 15 is 0 Å². The molecule has 2 rings (SSSR count). The van der Waals surface area contributed by atoms with Gasteiger partial charge in [0.1, 0.15) is 5.52 Å². The van der Waals surface area contributed by atoms with Crippen molar-refractivity contribution in [2.24, 2.45) is 0 Å². The predicted octanol–water partition coefficient (Wildman–Crippen LogP) is 2.37.